The predicted octanol–water partition coefficient (Wildman–Crippen LogP) is 1.78. The molecule has 0 bridgehead atoms. The van der Waals surface area contributed by atoms with Crippen molar-refractivity contribution in [2.75, 3.05) is 58.8 Å². The van der Waals surface area contributed by atoms with Gasteiger partial charge in [0.2, 0.25) is 0 Å². The number of ether oxygens (including phenoxy) is 2. The van der Waals surface area contributed by atoms with Gasteiger partial charge >= 0.3 is 11.8 Å². The summed E-state index contributed by atoms with van der Waals surface area (Å²) in [5, 5.41) is 5.26. The summed E-state index contributed by atoms with van der Waals surface area (Å²) in [5.74, 6) is -0.312. The van der Waals surface area contributed by atoms with Crippen LogP contribution in [0.4, 0.5) is 5.69 Å². The molecule has 2 aromatic rings. The Balaban J connectivity index is 1.40. The smallest absolute Gasteiger partial charge is 0.313 e. The number of hydrogen-bond acceptors (Lipinski definition) is 6. The summed E-state index contributed by atoms with van der Waals surface area (Å²) in [7, 11) is 3.09. The highest BCUT2D eigenvalue weighted by atomic mass is 16.5. The number of nitrogens with one attached hydrogen (secondary N) is 2. The van der Waals surface area contributed by atoms with Crippen LogP contribution in [0.15, 0.2) is 42.5 Å². The van der Waals surface area contributed by atoms with Crippen molar-refractivity contribution in [2.24, 2.45) is 0 Å². The molecule has 9 nitrogen and oxygen atoms in total. The molecule has 1 saturated heterocycles. The van der Waals surface area contributed by atoms with Crippen LogP contribution in [0.25, 0.3) is 0 Å². The molecule has 182 valence electrons. The summed E-state index contributed by atoms with van der Waals surface area (Å²) in [5.41, 5.74) is 2.30. The van der Waals surface area contributed by atoms with E-state index in [-0.39, 0.29) is 5.91 Å². The van der Waals surface area contributed by atoms with Gasteiger partial charge in [0, 0.05) is 50.5 Å². The number of carbonyl (C=O) groups excluding carboxylic acids is 3. The quantitative estimate of drug-likeness (QED) is 0.573. The van der Waals surface area contributed by atoms with Gasteiger partial charge in [0.1, 0.15) is 0 Å². The van der Waals surface area contributed by atoms with Crippen LogP contribution in [0, 0.1) is 0 Å². The molecule has 1 fully saturated rings. The topological polar surface area (TPSA) is 100 Å². The highest BCUT2D eigenvalue weighted by Gasteiger charge is 2.23. The van der Waals surface area contributed by atoms with E-state index in [0.717, 1.165) is 12.0 Å². The third-order valence-electron chi connectivity index (χ3n) is 5.83. The number of carbonyl (C=O) groups is 3. The molecule has 0 aromatic heterocycles. The second-order valence-electron chi connectivity index (χ2n) is 7.96. The molecule has 0 aliphatic carbocycles. The molecule has 3 rings (SSSR count). The van der Waals surface area contributed by atoms with Gasteiger partial charge in [-0.05, 0) is 42.3 Å². The van der Waals surface area contributed by atoms with Crippen molar-refractivity contribution in [3.05, 3.63) is 53.6 Å². The van der Waals surface area contributed by atoms with Gasteiger partial charge in [0.15, 0.2) is 11.5 Å². The van der Waals surface area contributed by atoms with Gasteiger partial charge < -0.3 is 25.0 Å². The monoisotopic (exact) mass is 468 g/mol. The van der Waals surface area contributed by atoms with E-state index < -0.39 is 11.8 Å². The molecule has 1 heterocycles. The van der Waals surface area contributed by atoms with Crippen LogP contribution >= 0.6 is 0 Å². The second-order valence-corrected chi connectivity index (χ2v) is 7.96. The Hall–Kier alpha value is -3.59. The maximum Gasteiger partial charge on any atom is 0.313 e. The molecule has 0 radical (unpaired) electrons. The van der Waals surface area contributed by atoms with Crippen molar-refractivity contribution >= 4 is 23.4 Å². The van der Waals surface area contributed by atoms with E-state index in [1.54, 1.807) is 42.3 Å². The Morgan fingerprint density at radius 2 is 1.56 bits per heavy atom. The summed E-state index contributed by atoms with van der Waals surface area (Å²) in [6.07, 6.45) is 0.910. The van der Waals surface area contributed by atoms with Crippen LogP contribution in [0.2, 0.25) is 0 Å². The zero-order valence-electron chi connectivity index (χ0n) is 19.9. The number of piperazine rings is 1. The van der Waals surface area contributed by atoms with Gasteiger partial charge in [-0.3, -0.25) is 19.3 Å². The van der Waals surface area contributed by atoms with Crippen molar-refractivity contribution in [3.8, 4) is 11.5 Å². The van der Waals surface area contributed by atoms with Crippen LogP contribution < -0.4 is 20.1 Å². The van der Waals surface area contributed by atoms with E-state index in [1.807, 2.05) is 12.1 Å². The molecule has 0 unspecified atom stereocenters. The fraction of sp³-hybridized carbons (Fsp3) is 0.400. The van der Waals surface area contributed by atoms with E-state index in [4.69, 9.17) is 9.47 Å². The van der Waals surface area contributed by atoms with Gasteiger partial charge in [-0.15, -0.1) is 0 Å². The van der Waals surface area contributed by atoms with E-state index in [1.165, 1.54) is 7.11 Å². The second kappa shape index (κ2) is 12.0. The third kappa shape index (κ3) is 6.48. The van der Waals surface area contributed by atoms with Crippen molar-refractivity contribution in [1.29, 1.82) is 0 Å². The van der Waals surface area contributed by atoms with Gasteiger partial charge in [0.05, 0.1) is 14.2 Å². The standard InChI is InChI=1S/C25H32N4O5/c1-4-18-5-8-20(9-6-18)27-24(31)23(30)26-11-12-28-13-15-29(16-14-28)25(32)19-7-10-21(33-2)22(17-19)34-3/h5-10,17H,4,11-16H2,1-3H3,(H,26,30)(H,27,31). The van der Waals surface area contributed by atoms with Gasteiger partial charge in [-0.25, -0.2) is 0 Å². The number of anilines is 1. The molecule has 1 aliphatic heterocycles. The molecule has 0 spiro atoms. The molecule has 1 aliphatic rings. The average Bonchev–Trinajstić information content (AvgIpc) is 2.88. The Kier molecular flexibility index (Phi) is 8.86. The van der Waals surface area contributed by atoms with Crippen LogP contribution in [-0.2, 0) is 16.0 Å². The molecule has 3 amide bonds. The summed E-state index contributed by atoms with van der Waals surface area (Å²) >= 11 is 0. The number of aryl methyl sites for hydroxylation is 1. The summed E-state index contributed by atoms with van der Waals surface area (Å²) in [6, 6.07) is 12.5. The zero-order valence-corrected chi connectivity index (χ0v) is 19.9. The summed E-state index contributed by atoms with van der Waals surface area (Å²) in [6.45, 7) is 5.53. The average molecular weight is 469 g/mol. The fourth-order valence-corrected chi connectivity index (χ4v) is 3.75. The van der Waals surface area contributed by atoms with E-state index in [0.29, 0.717) is 62.0 Å². The summed E-state index contributed by atoms with van der Waals surface area (Å²) in [4.78, 5) is 41.0. The fourth-order valence-electron chi connectivity index (χ4n) is 3.75. The Morgan fingerprint density at radius 1 is 0.882 bits per heavy atom. The number of rotatable bonds is 8. The first kappa shape index (κ1) is 25.0. The number of amides is 3. The minimum Gasteiger partial charge on any atom is -0.493 e. The Bertz CT molecular complexity index is 1000. The molecule has 34 heavy (non-hydrogen) atoms. The van der Waals surface area contributed by atoms with Crippen LogP contribution in [-0.4, -0.2) is 81.0 Å². The SMILES string of the molecule is CCc1ccc(NC(=O)C(=O)NCCN2CCN(C(=O)c3ccc(OC)c(OC)c3)CC2)cc1. The van der Waals surface area contributed by atoms with Crippen LogP contribution in [0.5, 0.6) is 11.5 Å². The number of benzene rings is 2. The molecule has 9 heteroatoms. The molecule has 0 saturated carbocycles. The lowest BCUT2D eigenvalue weighted by molar-refractivity contribution is -0.136. The highest BCUT2D eigenvalue weighted by Crippen LogP contribution is 2.28. The first-order valence-electron chi connectivity index (χ1n) is 11.4. The van der Waals surface area contributed by atoms with Crippen molar-refractivity contribution in [1.82, 2.24) is 15.1 Å². The minimum absolute atomic E-state index is 0.0578. The molecular formula is C25H32N4O5. The lowest BCUT2D eigenvalue weighted by Gasteiger charge is -2.34. The van der Waals surface area contributed by atoms with Gasteiger partial charge in [-0.1, -0.05) is 19.1 Å². The Labute approximate surface area is 200 Å². The lowest BCUT2D eigenvalue weighted by Crippen LogP contribution is -2.50. The molecule has 0 atom stereocenters. The number of hydrogen-bond donors (Lipinski definition) is 2. The maximum atomic E-state index is 12.8. The number of methoxy groups -OCH3 is 2. The van der Waals surface area contributed by atoms with Crippen LogP contribution in [0.3, 0.4) is 0 Å². The zero-order chi connectivity index (χ0) is 24.5. The van der Waals surface area contributed by atoms with Gasteiger partial charge in [-0.2, -0.15) is 0 Å². The first-order chi connectivity index (χ1) is 16.4. The van der Waals surface area contributed by atoms with Gasteiger partial charge in [0.25, 0.3) is 5.91 Å². The normalized spacial score (nSPS) is 13.8. The largest absolute Gasteiger partial charge is 0.493 e. The molecule has 2 N–H and O–H groups in total. The predicted molar refractivity (Wildman–Crippen MR) is 129 cm³/mol. The van der Waals surface area contributed by atoms with Crippen LogP contribution in [0.1, 0.15) is 22.8 Å². The van der Waals surface area contributed by atoms with E-state index >= 15 is 0 Å². The number of nitrogens with zero attached hydrogens (tertiary/aromatic N) is 2. The van der Waals surface area contributed by atoms with Crippen molar-refractivity contribution in [2.45, 2.75) is 13.3 Å². The Morgan fingerprint density at radius 3 is 2.18 bits per heavy atom. The summed E-state index contributed by atoms with van der Waals surface area (Å²) < 4.78 is 10.5. The molecular weight excluding hydrogens is 436 g/mol. The maximum absolute atomic E-state index is 12.8. The minimum atomic E-state index is -0.686. The third-order valence-corrected chi connectivity index (χ3v) is 5.83. The highest BCUT2D eigenvalue weighted by molar-refractivity contribution is 6.39. The lowest BCUT2D eigenvalue weighted by atomic mass is 10.1. The van der Waals surface area contributed by atoms with Crippen molar-refractivity contribution < 1.29 is 23.9 Å². The van der Waals surface area contributed by atoms with Crippen molar-refractivity contribution in [3.63, 3.8) is 0 Å². The first-order valence-corrected chi connectivity index (χ1v) is 11.4. The van der Waals surface area contributed by atoms with E-state index in [9.17, 15) is 14.4 Å². The molecule has 2 aromatic carbocycles. The van der Waals surface area contributed by atoms with E-state index in [2.05, 4.69) is 22.5 Å².